The van der Waals surface area contributed by atoms with Gasteiger partial charge in [-0.25, -0.2) is 0 Å². The van der Waals surface area contributed by atoms with Gasteiger partial charge in [-0.1, -0.05) is 13.8 Å². The first kappa shape index (κ1) is 16.5. The second-order valence-corrected chi connectivity index (χ2v) is 4.91. The maximum Gasteiger partial charge on any atom is 0.323 e. The zero-order valence-electron chi connectivity index (χ0n) is 13.3. The van der Waals surface area contributed by atoms with Crippen molar-refractivity contribution >= 4 is 11.9 Å². The molecule has 6 nitrogen and oxygen atoms in total. The van der Waals surface area contributed by atoms with Crippen LogP contribution in [0.4, 0.5) is 11.9 Å². The van der Waals surface area contributed by atoms with Crippen LogP contribution >= 0.6 is 0 Å². The zero-order valence-corrected chi connectivity index (χ0v) is 13.3. The van der Waals surface area contributed by atoms with Crippen LogP contribution in [0.5, 0.6) is 6.01 Å². The van der Waals surface area contributed by atoms with Gasteiger partial charge in [0.2, 0.25) is 11.9 Å². The van der Waals surface area contributed by atoms with Crippen molar-refractivity contribution < 1.29 is 4.74 Å². The summed E-state index contributed by atoms with van der Waals surface area (Å²) in [5.41, 5.74) is 0. The molecule has 1 heterocycles. The zero-order chi connectivity index (χ0) is 15.0. The molecule has 0 spiro atoms. The van der Waals surface area contributed by atoms with E-state index >= 15 is 0 Å². The molecule has 1 aromatic rings. The number of aromatic nitrogens is 3. The Balaban J connectivity index is 3.04. The van der Waals surface area contributed by atoms with Gasteiger partial charge in [-0.2, -0.15) is 15.0 Å². The molecular weight excluding hydrogens is 254 g/mol. The lowest BCUT2D eigenvalue weighted by atomic mass is 10.3. The number of rotatable bonds is 9. The van der Waals surface area contributed by atoms with E-state index in [-0.39, 0.29) is 0 Å². The lowest BCUT2D eigenvalue weighted by Gasteiger charge is -2.26. The number of ether oxygens (including phenoxy) is 1. The van der Waals surface area contributed by atoms with Crippen molar-refractivity contribution in [3.8, 4) is 6.01 Å². The standard InChI is InChI=1S/C14H27N5O/c1-6-9-19(11(4)5)13-16-12(15-8-3)17-14(18-13)20-10-7-2/h11H,6-10H2,1-5H3,(H,15,16,17,18). The molecule has 6 heteroatoms. The SMILES string of the molecule is CCCOc1nc(NCC)nc(N(CCC)C(C)C)n1. The Morgan fingerprint density at radius 3 is 2.40 bits per heavy atom. The van der Waals surface area contributed by atoms with Gasteiger partial charge in [0.1, 0.15) is 0 Å². The Labute approximate surface area is 122 Å². The van der Waals surface area contributed by atoms with E-state index in [2.05, 4.69) is 52.9 Å². The fraction of sp³-hybridized carbons (Fsp3) is 0.786. The molecule has 0 amide bonds. The second-order valence-electron chi connectivity index (χ2n) is 4.91. The maximum absolute atomic E-state index is 5.56. The lowest BCUT2D eigenvalue weighted by molar-refractivity contribution is 0.291. The van der Waals surface area contributed by atoms with E-state index in [1.54, 1.807) is 0 Å². The first-order valence-corrected chi connectivity index (χ1v) is 7.51. The molecule has 0 aliphatic heterocycles. The minimum absolute atomic E-state index is 0.339. The normalized spacial score (nSPS) is 10.7. The van der Waals surface area contributed by atoms with Crippen molar-refractivity contribution in [3.63, 3.8) is 0 Å². The topological polar surface area (TPSA) is 63.2 Å². The molecule has 1 N–H and O–H groups in total. The minimum Gasteiger partial charge on any atom is -0.463 e. The second kappa shape index (κ2) is 8.55. The third-order valence-corrected chi connectivity index (χ3v) is 2.72. The third-order valence-electron chi connectivity index (χ3n) is 2.72. The van der Waals surface area contributed by atoms with E-state index in [0.29, 0.717) is 30.6 Å². The van der Waals surface area contributed by atoms with Crippen molar-refractivity contribution in [1.29, 1.82) is 0 Å². The van der Waals surface area contributed by atoms with Crippen molar-refractivity contribution in [2.45, 2.75) is 53.5 Å². The van der Waals surface area contributed by atoms with Crippen LogP contribution in [0.2, 0.25) is 0 Å². The number of nitrogens with one attached hydrogen (secondary N) is 1. The monoisotopic (exact) mass is 281 g/mol. The van der Waals surface area contributed by atoms with Crippen LogP contribution in [-0.2, 0) is 0 Å². The van der Waals surface area contributed by atoms with E-state index in [0.717, 1.165) is 25.9 Å². The summed E-state index contributed by atoms with van der Waals surface area (Å²) in [5, 5.41) is 3.13. The van der Waals surface area contributed by atoms with E-state index in [1.807, 2.05) is 6.92 Å². The van der Waals surface area contributed by atoms with Crippen LogP contribution in [0, 0.1) is 0 Å². The van der Waals surface area contributed by atoms with Crippen LogP contribution in [-0.4, -0.2) is 40.7 Å². The highest BCUT2D eigenvalue weighted by molar-refractivity contribution is 5.39. The van der Waals surface area contributed by atoms with Crippen LogP contribution in [0.15, 0.2) is 0 Å². The predicted molar refractivity (Wildman–Crippen MR) is 82.5 cm³/mol. The summed E-state index contributed by atoms with van der Waals surface area (Å²) in [6.45, 7) is 12.8. The van der Waals surface area contributed by atoms with E-state index < -0.39 is 0 Å². The fourth-order valence-electron chi connectivity index (χ4n) is 1.80. The highest BCUT2D eigenvalue weighted by Gasteiger charge is 2.16. The van der Waals surface area contributed by atoms with E-state index in [1.165, 1.54) is 0 Å². The van der Waals surface area contributed by atoms with E-state index in [9.17, 15) is 0 Å². The Morgan fingerprint density at radius 2 is 1.85 bits per heavy atom. The van der Waals surface area contributed by atoms with Crippen LogP contribution in [0.1, 0.15) is 47.5 Å². The summed E-state index contributed by atoms with van der Waals surface area (Å²) in [6.07, 6.45) is 1.98. The molecule has 0 bridgehead atoms. The third kappa shape index (κ3) is 4.83. The van der Waals surface area contributed by atoms with Crippen LogP contribution in [0.3, 0.4) is 0 Å². The summed E-state index contributed by atoms with van der Waals surface area (Å²) in [7, 11) is 0. The summed E-state index contributed by atoms with van der Waals surface area (Å²) in [5.74, 6) is 1.25. The quantitative estimate of drug-likeness (QED) is 0.751. The summed E-state index contributed by atoms with van der Waals surface area (Å²) < 4.78 is 5.56. The highest BCUT2D eigenvalue weighted by Crippen LogP contribution is 2.17. The number of nitrogens with zero attached hydrogens (tertiary/aromatic N) is 4. The number of hydrogen-bond acceptors (Lipinski definition) is 6. The van der Waals surface area contributed by atoms with Gasteiger partial charge in [0.05, 0.1) is 6.61 Å². The van der Waals surface area contributed by atoms with Gasteiger partial charge < -0.3 is 15.0 Å². The Hall–Kier alpha value is -1.59. The highest BCUT2D eigenvalue weighted by atomic mass is 16.5. The van der Waals surface area contributed by atoms with Gasteiger partial charge >= 0.3 is 6.01 Å². The van der Waals surface area contributed by atoms with Crippen LogP contribution in [0.25, 0.3) is 0 Å². The van der Waals surface area contributed by atoms with E-state index in [4.69, 9.17) is 4.74 Å². The van der Waals surface area contributed by atoms with Gasteiger partial charge in [-0.05, 0) is 33.6 Å². The molecule has 0 aliphatic carbocycles. The number of hydrogen-bond donors (Lipinski definition) is 1. The van der Waals surface area contributed by atoms with Crippen molar-refractivity contribution in [3.05, 3.63) is 0 Å². The molecule has 0 saturated heterocycles. The molecule has 0 atom stereocenters. The first-order chi connectivity index (χ1) is 9.62. The predicted octanol–water partition coefficient (Wildman–Crippen LogP) is 2.72. The Morgan fingerprint density at radius 1 is 1.10 bits per heavy atom. The van der Waals surface area contributed by atoms with Crippen molar-refractivity contribution in [2.75, 3.05) is 29.9 Å². The first-order valence-electron chi connectivity index (χ1n) is 7.51. The molecule has 0 aromatic carbocycles. The van der Waals surface area contributed by atoms with Gasteiger partial charge in [0.15, 0.2) is 0 Å². The molecule has 1 rings (SSSR count). The molecule has 0 unspecified atom stereocenters. The summed E-state index contributed by atoms with van der Waals surface area (Å²) >= 11 is 0. The number of anilines is 2. The molecule has 0 radical (unpaired) electrons. The summed E-state index contributed by atoms with van der Waals surface area (Å²) in [6, 6.07) is 0.736. The average Bonchev–Trinajstić information content (AvgIpc) is 2.42. The lowest BCUT2D eigenvalue weighted by Crippen LogP contribution is -2.33. The Bertz CT molecular complexity index is 397. The van der Waals surface area contributed by atoms with Gasteiger partial charge in [0, 0.05) is 19.1 Å². The van der Waals surface area contributed by atoms with Crippen molar-refractivity contribution in [1.82, 2.24) is 15.0 Å². The smallest absolute Gasteiger partial charge is 0.323 e. The molecule has 0 aliphatic rings. The largest absolute Gasteiger partial charge is 0.463 e. The van der Waals surface area contributed by atoms with Crippen LogP contribution < -0.4 is 15.0 Å². The summed E-state index contributed by atoms with van der Waals surface area (Å²) in [4.78, 5) is 15.4. The maximum atomic E-state index is 5.56. The van der Waals surface area contributed by atoms with Gasteiger partial charge in [-0.15, -0.1) is 0 Å². The molecule has 20 heavy (non-hydrogen) atoms. The minimum atomic E-state index is 0.339. The molecule has 1 aromatic heterocycles. The van der Waals surface area contributed by atoms with Gasteiger partial charge in [0.25, 0.3) is 0 Å². The molecule has 0 fully saturated rings. The van der Waals surface area contributed by atoms with Gasteiger partial charge in [-0.3, -0.25) is 0 Å². The average molecular weight is 281 g/mol. The molecule has 0 saturated carbocycles. The fourth-order valence-corrected chi connectivity index (χ4v) is 1.80. The van der Waals surface area contributed by atoms with Crippen molar-refractivity contribution in [2.24, 2.45) is 0 Å². The molecular formula is C14H27N5O. The molecule has 114 valence electrons. The Kier molecular flexibility index (Phi) is 7.04.